The van der Waals surface area contributed by atoms with Crippen molar-refractivity contribution in [2.45, 2.75) is 12.8 Å². The second-order valence-corrected chi connectivity index (χ2v) is 8.40. The molecule has 1 aliphatic heterocycles. The Morgan fingerprint density at radius 3 is 2.29 bits per heavy atom. The molecule has 168 valence electrons. The van der Waals surface area contributed by atoms with E-state index in [-0.39, 0.29) is 5.92 Å². The highest BCUT2D eigenvalue weighted by Crippen LogP contribution is 2.45. The number of hydrogen-bond donors (Lipinski definition) is 0. The highest BCUT2D eigenvalue weighted by molar-refractivity contribution is 6.30. The van der Waals surface area contributed by atoms with Crippen molar-refractivity contribution < 1.29 is 9.47 Å². The van der Waals surface area contributed by atoms with Gasteiger partial charge in [0.25, 0.3) is 0 Å². The van der Waals surface area contributed by atoms with Crippen LogP contribution in [0.25, 0.3) is 5.76 Å². The summed E-state index contributed by atoms with van der Waals surface area (Å²) in [6.07, 6.45) is 1.92. The van der Waals surface area contributed by atoms with E-state index in [1.165, 1.54) is 5.56 Å². The van der Waals surface area contributed by atoms with Crippen LogP contribution in [0.1, 0.15) is 29.5 Å². The maximum absolute atomic E-state index is 6.52. The summed E-state index contributed by atoms with van der Waals surface area (Å²) in [5.74, 6) is 2.44. The van der Waals surface area contributed by atoms with Gasteiger partial charge in [-0.25, -0.2) is 0 Å². The van der Waals surface area contributed by atoms with E-state index in [1.807, 2.05) is 85.9 Å². The van der Waals surface area contributed by atoms with Crippen LogP contribution in [0.2, 0.25) is 5.02 Å². The Balaban J connectivity index is 1.68. The highest BCUT2D eigenvalue weighted by Gasteiger charge is 2.30. The molecule has 0 saturated carbocycles. The molecule has 0 unspecified atom stereocenters. The van der Waals surface area contributed by atoms with Gasteiger partial charge in [-0.3, -0.25) is 4.99 Å². The molecule has 0 aromatic heterocycles. The molecule has 0 N–H and O–H groups in total. The maximum Gasteiger partial charge on any atom is 0.140 e. The van der Waals surface area contributed by atoms with Gasteiger partial charge in [-0.05, 0) is 67.1 Å². The van der Waals surface area contributed by atoms with Crippen LogP contribution in [0.4, 0.5) is 5.69 Å². The number of rotatable bonds is 6. The average molecular weight is 466 g/mol. The van der Waals surface area contributed by atoms with Gasteiger partial charge >= 0.3 is 0 Å². The molecule has 34 heavy (non-hydrogen) atoms. The summed E-state index contributed by atoms with van der Waals surface area (Å²) >= 11 is 6.07. The van der Waals surface area contributed by atoms with E-state index in [4.69, 9.17) is 26.1 Å². The largest absolute Gasteiger partial charge is 0.494 e. The Kier molecular flexibility index (Phi) is 6.46. The van der Waals surface area contributed by atoms with Gasteiger partial charge < -0.3 is 9.47 Å². The predicted molar refractivity (Wildman–Crippen MR) is 139 cm³/mol. The van der Waals surface area contributed by atoms with Gasteiger partial charge in [0.05, 0.1) is 12.3 Å². The van der Waals surface area contributed by atoms with Crippen molar-refractivity contribution in [2.75, 3.05) is 6.61 Å². The number of halogens is 1. The third kappa shape index (κ3) is 4.61. The normalized spacial score (nSPS) is 15.2. The number of ether oxygens (including phenoxy) is 2. The number of para-hydroxylation sites is 1. The number of aliphatic imine (C=N–C) groups is 1. The zero-order chi connectivity index (χ0) is 23.3. The molecule has 0 radical (unpaired) electrons. The monoisotopic (exact) mass is 465 g/mol. The van der Waals surface area contributed by atoms with Gasteiger partial charge in [0.2, 0.25) is 0 Å². The SMILES string of the molecule is CCOc1ccc(C2=C(C=Nc3ccc(Cl)cc3)[C@H](c3ccccc3)c3ccccc3O2)cc1. The topological polar surface area (TPSA) is 30.8 Å². The molecule has 5 rings (SSSR count). The van der Waals surface area contributed by atoms with Crippen LogP contribution in [0.3, 0.4) is 0 Å². The molecule has 0 saturated heterocycles. The smallest absolute Gasteiger partial charge is 0.140 e. The molecule has 1 heterocycles. The number of hydrogen-bond acceptors (Lipinski definition) is 3. The number of fused-ring (bicyclic) bond motifs is 1. The van der Waals surface area contributed by atoms with E-state index in [1.54, 1.807) is 0 Å². The van der Waals surface area contributed by atoms with Gasteiger partial charge in [0.1, 0.15) is 17.3 Å². The van der Waals surface area contributed by atoms with Gasteiger partial charge in [-0.1, -0.05) is 60.1 Å². The van der Waals surface area contributed by atoms with Crippen LogP contribution in [0.5, 0.6) is 11.5 Å². The molecule has 0 amide bonds. The summed E-state index contributed by atoms with van der Waals surface area (Å²) in [7, 11) is 0. The molecule has 0 bridgehead atoms. The van der Waals surface area contributed by atoms with Gasteiger partial charge in [0.15, 0.2) is 0 Å². The van der Waals surface area contributed by atoms with E-state index < -0.39 is 0 Å². The first-order valence-electron chi connectivity index (χ1n) is 11.3. The van der Waals surface area contributed by atoms with Gasteiger partial charge in [0, 0.05) is 33.9 Å². The first-order valence-corrected chi connectivity index (χ1v) is 11.7. The van der Waals surface area contributed by atoms with Gasteiger partial charge in [-0.15, -0.1) is 0 Å². The fraction of sp³-hybridized carbons (Fsp3) is 0.100. The fourth-order valence-electron chi connectivity index (χ4n) is 4.18. The Hall–Kier alpha value is -3.82. The number of allylic oxidation sites excluding steroid dienone is 1. The zero-order valence-electron chi connectivity index (χ0n) is 18.8. The van der Waals surface area contributed by atoms with Crippen molar-refractivity contribution in [3.05, 3.63) is 130 Å². The third-order valence-electron chi connectivity index (χ3n) is 5.75. The molecular formula is C30H24ClNO2. The van der Waals surface area contributed by atoms with Crippen molar-refractivity contribution in [1.29, 1.82) is 0 Å². The quantitative estimate of drug-likeness (QED) is 0.269. The van der Waals surface area contributed by atoms with Crippen molar-refractivity contribution >= 4 is 29.3 Å². The number of nitrogens with zero attached hydrogens (tertiary/aromatic N) is 1. The van der Waals surface area contributed by atoms with E-state index in [0.717, 1.165) is 39.6 Å². The van der Waals surface area contributed by atoms with Crippen molar-refractivity contribution in [2.24, 2.45) is 4.99 Å². The highest BCUT2D eigenvalue weighted by atomic mass is 35.5. The van der Waals surface area contributed by atoms with Crippen LogP contribution in [-0.2, 0) is 0 Å². The molecule has 1 atom stereocenters. The Morgan fingerprint density at radius 1 is 0.853 bits per heavy atom. The minimum Gasteiger partial charge on any atom is -0.494 e. The molecule has 3 nitrogen and oxygen atoms in total. The third-order valence-corrected chi connectivity index (χ3v) is 6.01. The van der Waals surface area contributed by atoms with Crippen molar-refractivity contribution in [3.8, 4) is 11.5 Å². The van der Waals surface area contributed by atoms with Crippen LogP contribution in [0, 0.1) is 0 Å². The summed E-state index contributed by atoms with van der Waals surface area (Å²) in [6, 6.07) is 34.2. The molecular weight excluding hydrogens is 442 g/mol. The van der Waals surface area contributed by atoms with Crippen LogP contribution in [0.15, 0.2) is 114 Å². The van der Waals surface area contributed by atoms with Gasteiger partial charge in [-0.2, -0.15) is 0 Å². The van der Waals surface area contributed by atoms with Crippen molar-refractivity contribution in [1.82, 2.24) is 0 Å². The van der Waals surface area contributed by atoms with E-state index >= 15 is 0 Å². The first-order chi connectivity index (χ1) is 16.7. The summed E-state index contributed by atoms with van der Waals surface area (Å²) in [4.78, 5) is 4.80. The molecule has 0 aliphatic carbocycles. The zero-order valence-corrected chi connectivity index (χ0v) is 19.6. The average Bonchev–Trinajstić information content (AvgIpc) is 2.89. The lowest BCUT2D eigenvalue weighted by molar-refractivity contribution is 0.340. The molecule has 0 fully saturated rings. The van der Waals surface area contributed by atoms with E-state index in [2.05, 4.69) is 30.3 Å². The molecule has 1 aliphatic rings. The lowest BCUT2D eigenvalue weighted by Gasteiger charge is -2.30. The predicted octanol–water partition coefficient (Wildman–Crippen LogP) is 8.08. The molecule has 4 heteroatoms. The van der Waals surface area contributed by atoms with Crippen LogP contribution >= 0.6 is 11.6 Å². The van der Waals surface area contributed by atoms with E-state index in [0.29, 0.717) is 11.6 Å². The number of benzene rings is 4. The summed E-state index contributed by atoms with van der Waals surface area (Å²) < 4.78 is 12.2. The molecule has 4 aromatic carbocycles. The minimum absolute atomic E-state index is 0.0243. The second-order valence-electron chi connectivity index (χ2n) is 7.96. The Morgan fingerprint density at radius 2 is 1.56 bits per heavy atom. The molecule has 0 spiro atoms. The lowest BCUT2D eigenvalue weighted by Crippen LogP contribution is -2.17. The summed E-state index contributed by atoms with van der Waals surface area (Å²) in [6.45, 7) is 2.61. The summed E-state index contributed by atoms with van der Waals surface area (Å²) in [5, 5.41) is 0.685. The standard InChI is InChI=1S/C30H24ClNO2/c1-2-33-25-18-12-22(13-19-25)30-27(20-32-24-16-14-23(31)15-17-24)29(21-8-4-3-5-9-21)26-10-6-7-11-28(26)34-30/h3-20,29H,2H2,1H3/t29-/m1/s1. The fourth-order valence-corrected chi connectivity index (χ4v) is 4.31. The summed E-state index contributed by atoms with van der Waals surface area (Å²) in [5.41, 5.74) is 5.08. The Bertz CT molecular complexity index is 1330. The Labute approximate surface area is 205 Å². The van der Waals surface area contributed by atoms with Crippen LogP contribution < -0.4 is 9.47 Å². The molecule has 4 aromatic rings. The first kappa shape index (κ1) is 22.0. The minimum atomic E-state index is -0.0243. The van der Waals surface area contributed by atoms with Crippen molar-refractivity contribution in [3.63, 3.8) is 0 Å². The second kappa shape index (κ2) is 9.98. The lowest BCUT2D eigenvalue weighted by atomic mass is 9.81. The van der Waals surface area contributed by atoms with Crippen LogP contribution in [-0.4, -0.2) is 12.8 Å². The van der Waals surface area contributed by atoms with E-state index in [9.17, 15) is 0 Å². The maximum atomic E-state index is 6.52.